The van der Waals surface area contributed by atoms with Gasteiger partial charge in [0.2, 0.25) is 0 Å². The highest BCUT2D eigenvalue weighted by Crippen LogP contribution is 2.18. The molecule has 0 atom stereocenters. The summed E-state index contributed by atoms with van der Waals surface area (Å²) in [6, 6.07) is 6.99. The second kappa shape index (κ2) is 3.13. The van der Waals surface area contributed by atoms with Crippen molar-refractivity contribution in [1.29, 1.82) is 0 Å². The molecule has 0 unspecified atom stereocenters. The van der Waals surface area contributed by atoms with Crippen LogP contribution in [-0.2, 0) is 9.84 Å². The number of hydrogen-bond donors (Lipinski definition) is 1. The number of nitrogens with one attached hydrogen (secondary N) is 1. The summed E-state index contributed by atoms with van der Waals surface area (Å²) in [5, 5.41) is 0.930. The van der Waals surface area contributed by atoms with Crippen molar-refractivity contribution in [3.63, 3.8) is 0 Å². The first-order valence-electron chi connectivity index (χ1n) is 4.43. The van der Waals surface area contributed by atoms with E-state index in [9.17, 15) is 8.42 Å². The average Bonchev–Trinajstić information content (AvgIpc) is 2.64. The van der Waals surface area contributed by atoms with Crippen LogP contribution in [0.3, 0.4) is 0 Å². The summed E-state index contributed by atoms with van der Waals surface area (Å²) in [5.74, 6) is 0.142. The molecule has 0 saturated heterocycles. The summed E-state index contributed by atoms with van der Waals surface area (Å²) in [6.07, 6.45) is 1.80. The molecule has 1 aromatic carbocycles. The first-order valence-corrected chi connectivity index (χ1v) is 6.08. The minimum Gasteiger partial charge on any atom is -0.361 e. The van der Waals surface area contributed by atoms with Crippen molar-refractivity contribution in [3.05, 3.63) is 30.5 Å². The van der Waals surface area contributed by atoms with Crippen LogP contribution in [0.1, 0.15) is 6.92 Å². The van der Waals surface area contributed by atoms with E-state index < -0.39 is 9.84 Å². The maximum atomic E-state index is 11.6. The molecular formula is C10H11NO2S. The Kier molecular flexibility index (Phi) is 2.07. The molecular weight excluding hydrogens is 198 g/mol. The summed E-state index contributed by atoms with van der Waals surface area (Å²) in [7, 11) is -3.08. The Morgan fingerprint density at radius 2 is 2.07 bits per heavy atom. The lowest BCUT2D eigenvalue weighted by Gasteiger charge is -2.00. The zero-order valence-corrected chi connectivity index (χ0v) is 8.64. The van der Waals surface area contributed by atoms with E-state index in [1.165, 1.54) is 0 Å². The van der Waals surface area contributed by atoms with Gasteiger partial charge in [-0.1, -0.05) is 6.92 Å². The predicted molar refractivity (Wildman–Crippen MR) is 56.0 cm³/mol. The van der Waals surface area contributed by atoms with Crippen molar-refractivity contribution in [1.82, 2.24) is 4.98 Å². The molecule has 1 N–H and O–H groups in total. The fourth-order valence-corrected chi connectivity index (χ4v) is 2.31. The third kappa shape index (κ3) is 1.42. The van der Waals surface area contributed by atoms with Crippen LogP contribution in [-0.4, -0.2) is 19.2 Å². The van der Waals surface area contributed by atoms with Gasteiger partial charge in [-0.3, -0.25) is 0 Å². The Labute approximate surface area is 82.7 Å². The van der Waals surface area contributed by atoms with Gasteiger partial charge in [0, 0.05) is 17.1 Å². The molecule has 0 amide bonds. The molecule has 1 aromatic heterocycles. The topological polar surface area (TPSA) is 49.9 Å². The number of hydrogen-bond acceptors (Lipinski definition) is 2. The Bertz CT molecular complexity index is 554. The molecule has 0 fully saturated rings. The Morgan fingerprint density at radius 3 is 2.79 bits per heavy atom. The highest BCUT2D eigenvalue weighted by molar-refractivity contribution is 7.91. The van der Waals surface area contributed by atoms with E-state index in [2.05, 4.69) is 4.98 Å². The molecule has 3 nitrogen and oxygen atoms in total. The summed E-state index contributed by atoms with van der Waals surface area (Å²) in [5.41, 5.74) is 0.958. The third-order valence-corrected chi connectivity index (χ3v) is 4.00. The monoisotopic (exact) mass is 209 g/mol. The molecule has 0 saturated carbocycles. The van der Waals surface area contributed by atoms with Gasteiger partial charge in [-0.2, -0.15) is 0 Å². The van der Waals surface area contributed by atoms with Crippen molar-refractivity contribution in [3.8, 4) is 0 Å². The van der Waals surface area contributed by atoms with E-state index in [0.29, 0.717) is 4.90 Å². The third-order valence-electron chi connectivity index (χ3n) is 2.26. The Balaban J connectivity index is 2.65. The SMILES string of the molecule is CCS(=O)(=O)c1ccc2[nH]ccc2c1. The van der Waals surface area contributed by atoms with Gasteiger partial charge in [-0.15, -0.1) is 0 Å². The summed E-state index contributed by atoms with van der Waals surface area (Å²) in [6.45, 7) is 1.65. The standard InChI is InChI=1S/C10H11NO2S/c1-2-14(12,13)9-3-4-10-8(7-9)5-6-11-10/h3-7,11H,2H2,1H3. The first-order chi connectivity index (χ1) is 6.63. The minimum absolute atomic E-state index is 0.142. The Hall–Kier alpha value is -1.29. The largest absolute Gasteiger partial charge is 0.361 e. The fourth-order valence-electron chi connectivity index (χ4n) is 1.39. The van der Waals surface area contributed by atoms with Crippen LogP contribution in [0.2, 0.25) is 0 Å². The minimum atomic E-state index is -3.08. The van der Waals surface area contributed by atoms with Crippen molar-refractivity contribution in [2.24, 2.45) is 0 Å². The maximum absolute atomic E-state index is 11.6. The van der Waals surface area contributed by atoms with Gasteiger partial charge in [0.15, 0.2) is 9.84 Å². The number of fused-ring (bicyclic) bond motifs is 1. The molecule has 2 aromatic rings. The van der Waals surface area contributed by atoms with E-state index in [4.69, 9.17) is 0 Å². The van der Waals surface area contributed by atoms with Gasteiger partial charge < -0.3 is 4.98 Å². The molecule has 0 spiro atoms. The normalized spacial score (nSPS) is 12.1. The highest BCUT2D eigenvalue weighted by Gasteiger charge is 2.11. The molecule has 0 aliphatic carbocycles. The number of sulfone groups is 1. The van der Waals surface area contributed by atoms with Crippen LogP contribution < -0.4 is 0 Å². The smallest absolute Gasteiger partial charge is 0.178 e. The summed E-state index contributed by atoms with van der Waals surface area (Å²) >= 11 is 0. The number of H-pyrrole nitrogens is 1. The van der Waals surface area contributed by atoms with E-state index in [1.54, 1.807) is 31.3 Å². The molecule has 0 aliphatic heterocycles. The van der Waals surface area contributed by atoms with Crippen molar-refractivity contribution < 1.29 is 8.42 Å². The van der Waals surface area contributed by atoms with E-state index >= 15 is 0 Å². The number of benzene rings is 1. The van der Waals surface area contributed by atoms with Gasteiger partial charge in [0.05, 0.1) is 10.6 Å². The van der Waals surface area contributed by atoms with E-state index in [-0.39, 0.29) is 5.75 Å². The molecule has 1 heterocycles. The molecule has 0 radical (unpaired) electrons. The van der Waals surface area contributed by atoms with Gasteiger partial charge in [0.25, 0.3) is 0 Å². The van der Waals surface area contributed by atoms with E-state index in [1.807, 2.05) is 6.07 Å². The number of aromatic amines is 1. The lowest BCUT2D eigenvalue weighted by Crippen LogP contribution is -2.02. The van der Waals surface area contributed by atoms with Crippen LogP contribution in [0.5, 0.6) is 0 Å². The van der Waals surface area contributed by atoms with Gasteiger partial charge >= 0.3 is 0 Å². The molecule has 74 valence electrons. The maximum Gasteiger partial charge on any atom is 0.178 e. The lowest BCUT2D eigenvalue weighted by atomic mass is 10.2. The van der Waals surface area contributed by atoms with E-state index in [0.717, 1.165) is 10.9 Å². The Morgan fingerprint density at radius 1 is 1.29 bits per heavy atom. The van der Waals surface area contributed by atoms with Gasteiger partial charge in [-0.25, -0.2) is 8.42 Å². The van der Waals surface area contributed by atoms with Crippen LogP contribution in [0.4, 0.5) is 0 Å². The molecule has 4 heteroatoms. The van der Waals surface area contributed by atoms with Crippen LogP contribution in [0.15, 0.2) is 35.4 Å². The van der Waals surface area contributed by atoms with Crippen LogP contribution in [0, 0.1) is 0 Å². The fraction of sp³-hybridized carbons (Fsp3) is 0.200. The van der Waals surface area contributed by atoms with Crippen molar-refractivity contribution >= 4 is 20.7 Å². The first kappa shape index (κ1) is 9.27. The zero-order valence-electron chi connectivity index (χ0n) is 7.82. The lowest BCUT2D eigenvalue weighted by molar-refractivity contribution is 0.597. The summed E-state index contributed by atoms with van der Waals surface area (Å²) in [4.78, 5) is 3.42. The highest BCUT2D eigenvalue weighted by atomic mass is 32.2. The van der Waals surface area contributed by atoms with Crippen molar-refractivity contribution in [2.75, 3.05) is 5.75 Å². The summed E-state index contributed by atoms with van der Waals surface area (Å²) < 4.78 is 23.1. The number of aromatic nitrogens is 1. The van der Waals surface area contributed by atoms with Crippen LogP contribution >= 0.6 is 0 Å². The molecule has 14 heavy (non-hydrogen) atoms. The molecule has 0 aliphatic rings. The van der Waals surface area contributed by atoms with Crippen LogP contribution in [0.25, 0.3) is 10.9 Å². The zero-order chi connectivity index (χ0) is 10.2. The van der Waals surface area contributed by atoms with Gasteiger partial charge in [0.1, 0.15) is 0 Å². The van der Waals surface area contributed by atoms with Crippen molar-refractivity contribution in [2.45, 2.75) is 11.8 Å². The van der Waals surface area contributed by atoms with Gasteiger partial charge in [-0.05, 0) is 24.3 Å². The molecule has 0 bridgehead atoms. The number of rotatable bonds is 2. The average molecular weight is 209 g/mol. The second-order valence-electron chi connectivity index (χ2n) is 3.13. The second-order valence-corrected chi connectivity index (χ2v) is 5.41. The predicted octanol–water partition coefficient (Wildman–Crippen LogP) is 1.96. The molecule has 2 rings (SSSR count). The quantitative estimate of drug-likeness (QED) is 0.822.